The lowest BCUT2D eigenvalue weighted by Crippen LogP contribution is -2.33. The third kappa shape index (κ3) is 11.8. The summed E-state index contributed by atoms with van der Waals surface area (Å²) in [5.74, 6) is 3.79. The van der Waals surface area contributed by atoms with Gasteiger partial charge in [0.1, 0.15) is 17.1 Å². The molecule has 2 atom stereocenters. The van der Waals surface area contributed by atoms with E-state index in [9.17, 15) is 4.57 Å². The summed E-state index contributed by atoms with van der Waals surface area (Å²) in [4.78, 5) is 9.16. The molecule has 3 rings (SSSR count). The van der Waals surface area contributed by atoms with Gasteiger partial charge >= 0.3 is 7.60 Å². The smallest absolute Gasteiger partial charge is 0.325 e. The second kappa shape index (κ2) is 18.7. The highest BCUT2D eigenvalue weighted by Gasteiger charge is 2.37. The van der Waals surface area contributed by atoms with Gasteiger partial charge in [-0.3, -0.25) is 4.57 Å². The summed E-state index contributed by atoms with van der Waals surface area (Å²) in [5, 5.41) is 0. The fourth-order valence-electron chi connectivity index (χ4n) is 5.07. The van der Waals surface area contributed by atoms with Gasteiger partial charge in [0.2, 0.25) is 0 Å². The fourth-order valence-corrected chi connectivity index (χ4v) is 7.50. The summed E-state index contributed by atoms with van der Waals surface area (Å²) >= 11 is 5.73. The fraction of sp³-hybridized carbons (Fsp3) is 0.471. The highest BCUT2D eigenvalue weighted by atomic mass is 32.8. The van der Waals surface area contributed by atoms with E-state index in [0.29, 0.717) is 13.2 Å². The van der Waals surface area contributed by atoms with Crippen LogP contribution in [0, 0.1) is 0 Å². The molecule has 9 heteroatoms. The van der Waals surface area contributed by atoms with Crippen molar-refractivity contribution in [2.24, 2.45) is 0 Å². The van der Waals surface area contributed by atoms with Gasteiger partial charge in [0.05, 0.1) is 20.8 Å². The molecule has 0 radical (unpaired) electrons. The molecule has 236 valence electrons. The van der Waals surface area contributed by atoms with Gasteiger partial charge in [-0.2, -0.15) is 0 Å². The van der Waals surface area contributed by atoms with E-state index in [2.05, 4.69) is 48.5 Å². The first kappa shape index (κ1) is 35.4. The van der Waals surface area contributed by atoms with Crippen molar-refractivity contribution >= 4 is 28.2 Å². The summed E-state index contributed by atoms with van der Waals surface area (Å²) in [6.07, 6.45) is 8.36. The summed E-state index contributed by atoms with van der Waals surface area (Å²) in [7, 11) is 0.0335. The van der Waals surface area contributed by atoms with Crippen molar-refractivity contribution < 1.29 is 28.2 Å². The molecule has 0 aromatic heterocycles. The molecule has 0 aliphatic heterocycles. The van der Waals surface area contributed by atoms with E-state index in [1.54, 1.807) is 14.2 Å². The second-order valence-corrected chi connectivity index (χ2v) is 15.6. The van der Waals surface area contributed by atoms with E-state index in [1.165, 1.54) is 6.66 Å². The number of hydrogen-bond donors (Lipinski definition) is 1. The van der Waals surface area contributed by atoms with Crippen molar-refractivity contribution in [1.29, 1.82) is 0 Å². The first-order valence-electron chi connectivity index (χ1n) is 15.1. The Morgan fingerprint density at radius 1 is 0.674 bits per heavy atom. The van der Waals surface area contributed by atoms with Crippen molar-refractivity contribution in [3.8, 4) is 11.5 Å². The quantitative estimate of drug-likeness (QED) is 0.0713. The average molecular weight is 647 g/mol. The molecular formula is C34H47O6PS2. The standard InChI is InChI=1S/C34H47O6PS2/c1-37-32-21-17-30(18-22-32)34(29-15-9-8-10-16-29,31-19-23-33(38-2)24-20-31)39-25-11-4-6-13-27-43(42)28-14-7-5-12-26-40-41(3,35)36/h8-10,15-24H,4-7,11-14,25-28H2,1-3H3,(H,35,36). The molecule has 2 unspecified atom stereocenters. The molecule has 0 bridgehead atoms. The van der Waals surface area contributed by atoms with Gasteiger partial charge in [-0.05, 0) is 78.1 Å². The van der Waals surface area contributed by atoms with E-state index < -0.39 is 13.2 Å². The monoisotopic (exact) mass is 646 g/mol. The molecule has 3 aromatic rings. The molecular weight excluding hydrogens is 599 g/mol. The lowest BCUT2D eigenvalue weighted by molar-refractivity contribution is 0.0106. The number of hydrogen-bond acceptors (Lipinski definition) is 6. The zero-order chi connectivity index (χ0) is 31.0. The van der Waals surface area contributed by atoms with Crippen LogP contribution in [0.25, 0.3) is 0 Å². The molecule has 0 fully saturated rings. The van der Waals surface area contributed by atoms with Gasteiger partial charge in [0.15, 0.2) is 0 Å². The summed E-state index contributed by atoms with van der Waals surface area (Å²) < 4.78 is 33.9. The highest BCUT2D eigenvalue weighted by molar-refractivity contribution is 8.28. The molecule has 0 aliphatic rings. The molecule has 0 heterocycles. The third-order valence-corrected chi connectivity index (χ3v) is 10.5. The van der Waals surface area contributed by atoms with Crippen molar-refractivity contribution in [3.63, 3.8) is 0 Å². The Hall–Kier alpha value is -2.06. The minimum atomic E-state index is -3.35. The molecule has 0 aliphatic carbocycles. The average Bonchev–Trinajstić information content (AvgIpc) is 3.02. The number of rotatable bonds is 21. The van der Waals surface area contributed by atoms with Crippen LogP contribution in [-0.4, -0.2) is 50.5 Å². The van der Waals surface area contributed by atoms with Gasteiger partial charge in [-0.1, -0.05) is 91.5 Å². The lowest BCUT2D eigenvalue weighted by atomic mass is 9.80. The number of ether oxygens (including phenoxy) is 3. The van der Waals surface area contributed by atoms with Crippen LogP contribution in [0.4, 0.5) is 0 Å². The predicted octanol–water partition coefficient (Wildman–Crippen LogP) is 8.05. The highest BCUT2D eigenvalue weighted by Crippen LogP contribution is 2.42. The molecule has 0 saturated carbocycles. The van der Waals surface area contributed by atoms with E-state index in [4.69, 9.17) is 34.8 Å². The largest absolute Gasteiger partial charge is 0.497 e. The maximum atomic E-state index is 11.1. The van der Waals surface area contributed by atoms with Crippen molar-refractivity contribution in [2.45, 2.75) is 57.0 Å². The van der Waals surface area contributed by atoms with E-state index >= 15 is 0 Å². The Morgan fingerprint density at radius 3 is 1.58 bits per heavy atom. The van der Waals surface area contributed by atoms with Crippen LogP contribution in [0.2, 0.25) is 0 Å². The topological polar surface area (TPSA) is 74.2 Å². The van der Waals surface area contributed by atoms with Crippen LogP contribution >= 0.6 is 7.60 Å². The maximum Gasteiger partial charge on any atom is 0.325 e. The Labute approximate surface area is 265 Å². The molecule has 0 saturated heterocycles. The summed E-state index contributed by atoms with van der Waals surface area (Å²) in [6.45, 7) is 2.20. The van der Waals surface area contributed by atoms with Gasteiger partial charge in [0, 0.05) is 13.3 Å². The first-order valence-corrected chi connectivity index (χ1v) is 19.6. The van der Waals surface area contributed by atoms with E-state index in [0.717, 1.165) is 91.1 Å². The molecule has 1 N–H and O–H groups in total. The maximum absolute atomic E-state index is 11.1. The number of benzene rings is 3. The molecule has 6 nitrogen and oxygen atoms in total. The van der Waals surface area contributed by atoms with Crippen LogP contribution in [0.1, 0.15) is 68.1 Å². The van der Waals surface area contributed by atoms with Crippen LogP contribution < -0.4 is 9.47 Å². The first-order chi connectivity index (χ1) is 20.8. The van der Waals surface area contributed by atoms with Gasteiger partial charge in [0.25, 0.3) is 0 Å². The molecule has 0 amide bonds. The zero-order valence-corrected chi connectivity index (χ0v) is 28.3. The Kier molecular flexibility index (Phi) is 15.4. The summed E-state index contributed by atoms with van der Waals surface area (Å²) in [6, 6.07) is 26.7. The zero-order valence-electron chi connectivity index (χ0n) is 25.7. The van der Waals surface area contributed by atoms with E-state index in [-0.39, 0.29) is 9.45 Å². The normalized spacial score (nSPS) is 13.8. The van der Waals surface area contributed by atoms with Crippen LogP contribution in [0.3, 0.4) is 0 Å². The second-order valence-electron chi connectivity index (χ2n) is 10.7. The Balaban J connectivity index is 1.53. The molecule has 0 spiro atoms. The lowest BCUT2D eigenvalue weighted by Gasteiger charge is -2.36. The van der Waals surface area contributed by atoms with Crippen LogP contribution in [0.5, 0.6) is 11.5 Å². The predicted molar refractivity (Wildman–Crippen MR) is 181 cm³/mol. The van der Waals surface area contributed by atoms with Crippen LogP contribution in [0.15, 0.2) is 78.9 Å². The summed E-state index contributed by atoms with van der Waals surface area (Å²) in [5.41, 5.74) is 2.40. The van der Waals surface area contributed by atoms with Crippen molar-refractivity contribution in [1.82, 2.24) is 0 Å². The minimum Gasteiger partial charge on any atom is -0.497 e. The molecule has 43 heavy (non-hydrogen) atoms. The minimum absolute atomic E-state index is 0.0227. The van der Waals surface area contributed by atoms with Gasteiger partial charge in [-0.25, -0.2) is 0 Å². The van der Waals surface area contributed by atoms with Crippen molar-refractivity contribution in [3.05, 3.63) is 95.6 Å². The SMILES string of the molecule is COc1ccc(C(OCCCCCCS(=S)CCCCCCOP(C)(=O)O)(c2ccccc2)c2ccc(OC)cc2)cc1. The number of methoxy groups -OCH3 is 2. The van der Waals surface area contributed by atoms with E-state index in [1.807, 2.05) is 30.3 Å². The third-order valence-electron chi connectivity index (χ3n) is 7.36. The van der Waals surface area contributed by atoms with Crippen molar-refractivity contribution in [2.75, 3.05) is 45.6 Å². The van der Waals surface area contributed by atoms with Crippen LogP contribution in [-0.2, 0) is 40.1 Å². The Morgan fingerprint density at radius 2 is 1.12 bits per heavy atom. The van der Waals surface area contributed by atoms with Gasteiger partial charge < -0.3 is 23.6 Å². The Bertz CT molecular complexity index is 1210. The number of unbranched alkanes of at least 4 members (excludes halogenated alkanes) is 6. The molecule has 3 aromatic carbocycles. The van der Waals surface area contributed by atoms with Gasteiger partial charge in [-0.15, -0.1) is 9.45 Å².